The number of hydrogen-bond acceptors (Lipinski definition) is 3. The lowest BCUT2D eigenvalue weighted by molar-refractivity contribution is 0.438. The van der Waals surface area contributed by atoms with Crippen molar-refractivity contribution in [3.63, 3.8) is 0 Å². The van der Waals surface area contributed by atoms with E-state index in [2.05, 4.69) is 57.4 Å². The first-order valence-electron chi connectivity index (χ1n) is 7.61. The summed E-state index contributed by atoms with van der Waals surface area (Å²) in [6.07, 6.45) is 2.99. The Morgan fingerprint density at radius 1 is 1.39 bits per heavy atom. The van der Waals surface area contributed by atoms with Gasteiger partial charge in [0, 0.05) is 37.1 Å². The fraction of sp³-hybridized carbons (Fsp3) is 0.412. The maximum Gasteiger partial charge on any atom is 0.194 e. The monoisotopic (exact) mass is 442 g/mol. The molecule has 0 saturated carbocycles. The SMILES string of the molecule is CN=C(NCc1nccs1)N1CCC(C)(c2ccccc2)C1.I. The van der Waals surface area contributed by atoms with Crippen LogP contribution in [0.15, 0.2) is 46.9 Å². The molecule has 0 aliphatic carbocycles. The number of thiazole rings is 1. The smallest absolute Gasteiger partial charge is 0.194 e. The molecule has 23 heavy (non-hydrogen) atoms. The van der Waals surface area contributed by atoms with Gasteiger partial charge in [-0.3, -0.25) is 4.99 Å². The first kappa shape index (κ1) is 18.2. The van der Waals surface area contributed by atoms with Crippen LogP contribution in [0.5, 0.6) is 0 Å². The minimum atomic E-state index is 0. The summed E-state index contributed by atoms with van der Waals surface area (Å²) in [7, 11) is 1.85. The summed E-state index contributed by atoms with van der Waals surface area (Å²) < 4.78 is 0. The zero-order valence-corrected chi connectivity index (χ0v) is 16.7. The molecule has 3 rings (SSSR count). The van der Waals surface area contributed by atoms with Crippen LogP contribution in [0.4, 0.5) is 0 Å². The molecule has 0 amide bonds. The molecule has 1 unspecified atom stereocenters. The number of hydrogen-bond donors (Lipinski definition) is 1. The summed E-state index contributed by atoms with van der Waals surface area (Å²) in [5, 5.41) is 6.52. The molecule has 1 aromatic carbocycles. The summed E-state index contributed by atoms with van der Waals surface area (Å²) in [5.41, 5.74) is 1.60. The van der Waals surface area contributed by atoms with E-state index in [1.807, 2.05) is 18.6 Å². The molecule has 6 heteroatoms. The van der Waals surface area contributed by atoms with Crippen molar-refractivity contribution in [2.24, 2.45) is 4.99 Å². The Bertz CT molecular complexity index is 629. The molecule has 4 nitrogen and oxygen atoms in total. The molecule has 1 aromatic heterocycles. The van der Waals surface area contributed by atoms with Crippen LogP contribution in [-0.2, 0) is 12.0 Å². The van der Waals surface area contributed by atoms with Crippen LogP contribution in [0.2, 0.25) is 0 Å². The van der Waals surface area contributed by atoms with Crippen LogP contribution in [0.3, 0.4) is 0 Å². The van der Waals surface area contributed by atoms with E-state index < -0.39 is 0 Å². The first-order valence-corrected chi connectivity index (χ1v) is 8.49. The Kier molecular flexibility index (Phi) is 6.41. The third kappa shape index (κ3) is 4.23. The Labute approximate surface area is 159 Å². The third-order valence-electron chi connectivity index (χ3n) is 4.34. The second-order valence-corrected chi connectivity index (χ2v) is 6.90. The molecular weight excluding hydrogens is 419 g/mol. The number of rotatable bonds is 3. The topological polar surface area (TPSA) is 40.5 Å². The highest BCUT2D eigenvalue weighted by molar-refractivity contribution is 14.0. The van der Waals surface area contributed by atoms with Crippen LogP contribution < -0.4 is 5.32 Å². The summed E-state index contributed by atoms with van der Waals surface area (Å²) >= 11 is 1.67. The Balaban J connectivity index is 0.00000192. The van der Waals surface area contributed by atoms with Crippen LogP contribution >= 0.6 is 35.3 Å². The molecule has 0 radical (unpaired) electrons. The number of nitrogens with zero attached hydrogens (tertiary/aromatic N) is 3. The highest BCUT2D eigenvalue weighted by atomic mass is 127. The van der Waals surface area contributed by atoms with Gasteiger partial charge in [-0.1, -0.05) is 37.3 Å². The van der Waals surface area contributed by atoms with Crippen molar-refractivity contribution in [1.82, 2.24) is 15.2 Å². The number of benzene rings is 1. The maximum atomic E-state index is 4.44. The van der Waals surface area contributed by atoms with Crippen molar-refractivity contribution in [2.45, 2.75) is 25.3 Å². The van der Waals surface area contributed by atoms with Crippen molar-refractivity contribution in [2.75, 3.05) is 20.1 Å². The van der Waals surface area contributed by atoms with Crippen molar-refractivity contribution in [3.05, 3.63) is 52.5 Å². The van der Waals surface area contributed by atoms with Crippen LogP contribution in [0.25, 0.3) is 0 Å². The van der Waals surface area contributed by atoms with Crippen LogP contribution in [0.1, 0.15) is 23.9 Å². The largest absolute Gasteiger partial charge is 0.350 e. The maximum absolute atomic E-state index is 4.44. The molecule has 1 aliphatic rings. The normalized spacial score (nSPS) is 21.1. The number of aromatic nitrogens is 1. The van der Waals surface area contributed by atoms with Gasteiger partial charge in [0.15, 0.2) is 5.96 Å². The highest BCUT2D eigenvalue weighted by Crippen LogP contribution is 2.33. The van der Waals surface area contributed by atoms with E-state index in [0.717, 1.165) is 37.0 Å². The average Bonchev–Trinajstić information content (AvgIpc) is 3.20. The van der Waals surface area contributed by atoms with Crippen LogP contribution in [-0.4, -0.2) is 36.0 Å². The van der Waals surface area contributed by atoms with E-state index >= 15 is 0 Å². The molecule has 2 heterocycles. The van der Waals surface area contributed by atoms with E-state index in [0.29, 0.717) is 0 Å². The molecule has 124 valence electrons. The fourth-order valence-corrected chi connectivity index (χ4v) is 3.60. The Morgan fingerprint density at radius 3 is 2.83 bits per heavy atom. The lowest BCUT2D eigenvalue weighted by Gasteiger charge is -2.27. The van der Waals surface area contributed by atoms with E-state index in [-0.39, 0.29) is 29.4 Å². The molecule has 1 atom stereocenters. The molecule has 1 aliphatic heterocycles. The van der Waals surface area contributed by atoms with Crippen molar-refractivity contribution in [1.29, 1.82) is 0 Å². The Morgan fingerprint density at radius 2 is 2.17 bits per heavy atom. The second kappa shape index (κ2) is 8.10. The zero-order chi connectivity index (χ0) is 15.4. The van der Waals surface area contributed by atoms with E-state index in [9.17, 15) is 0 Å². The number of halogens is 1. The van der Waals surface area contributed by atoms with E-state index in [4.69, 9.17) is 0 Å². The molecule has 0 bridgehead atoms. The number of guanidine groups is 1. The average molecular weight is 442 g/mol. The van der Waals surface area contributed by atoms with Crippen molar-refractivity contribution < 1.29 is 0 Å². The van der Waals surface area contributed by atoms with Gasteiger partial charge in [0.25, 0.3) is 0 Å². The zero-order valence-electron chi connectivity index (χ0n) is 13.5. The van der Waals surface area contributed by atoms with Gasteiger partial charge in [-0.15, -0.1) is 35.3 Å². The van der Waals surface area contributed by atoms with Gasteiger partial charge >= 0.3 is 0 Å². The predicted octanol–water partition coefficient (Wildman–Crippen LogP) is 3.50. The standard InChI is InChI=1S/C17H22N4S.HI/c1-17(14-6-4-3-5-7-14)8-10-21(13-17)16(18-2)20-12-15-19-9-11-22-15;/h3-7,9,11H,8,10,12-13H2,1-2H3,(H,18,20);1H. The number of aliphatic imine (C=N–C) groups is 1. The molecule has 1 N–H and O–H groups in total. The second-order valence-electron chi connectivity index (χ2n) is 5.92. The summed E-state index contributed by atoms with van der Waals surface area (Å²) in [4.78, 5) is 11.1. The fourth-order valence-electron chi connectivity index (χ4n) is 3.05. The van der Waals surface area contributed by atoms with Gasteiger partial charge in [0.05, 0.1) is 6.54 Å². The van der Waals surface area contributed by atoms with Gasteiger partial charge in [-0.25, -0.2) is 4.98 Å². The van der Waals surface area contributed by atoms with Gasteiger partial charge in [0.1, 0.15) is 5.01 Å². The lowest BCUT2D eigenvalue weighted by Crippen LogP contribution is -2.41. The molecule has 1 saturated heterocycles. The molecule has 0 spiro atoms. The van der Waals surface area contributed by atoms with Gasteiger partial charge < -0.3 is 10.2 Å². The minimum Gasteiger partial charge on any atom is -0.350 e. The molecule has 2 aromatic rings. The van der Waals surface area contributed by atoms with E-state index in [1.54, 1.807) is 11.3 Å². The lowest BCUT2D eigenvalue weighted by atomic mass is 9.82. The van der Waals surface area contributed by atoms with Gasteiger partial charge in [-0.2, -0.15) is 0 Å². The molecule has 1 fully saturated rings. The minimum absolute atomic E-state index is 0. The van der Waals surface area contributed by atoms with Crippen molar-refractivity contribution in [3.8, 4) is 0 Å². The quantitative estimate of drug-likeness (QED) is 0.450. The highest BCUT2D eigenvalue weighted by Gasteiger charge is 2.36. The van der Waals surface area contributed by atoms with E-state index in [1.165, 1.54) is 5.56 Å². The third-order valence-corrected chi connectivity index (χ3v) is 5.12. The summed E-state index contributed by atoms with van der Waals surface area (Å²) in [6.45, 7) is 5.11. The predicted molar refractivity (Wildman–Crippen MR) is 108 cm³/mol. The van der Waals surface area contributed by atoms with Gasteiger partial charge in [0.2, 0.25) is 0 Å². The molecular formula is C17H23IN4S. The van der Waals surface area contributed by atoms with Crippen LogP contribution in [0, 0.1) is 0 Å². The number of nitrogens with one attached hydrogen (secondary N) is 1. The Hall–Kier alpha value is -1.15. The van der Waals surface area contributed by atoms with Gasteiger partial charge in [-0.05, 0) is 12.0 Å². The summed E-state index contributed by atoms with van der Waals surface area (Å²) in [5.74, 6) is 0.967. The number of likely N-dealkylation sites (tertiary alicyclic amines) is 1. The van der Waals surface area contributed by atoms with Crippen molar-refractivity contribution >= 4 is 41.3 Å². The first-order chi connectivity index (χ1) is 10.7. The summed E-state index contributed by atoms with van der Waals surface area (Å²) in [6, 6.07) is 10.8.